The number of hydrogen-bond donors (Lipinski definition) is 2. The fourth-order valence-electron chi connectivity index (χ4n) is 2.10. The zero-order valence-electron chi connectivity index (χ0n) is 15.2. The largest absolute Gasteiger partial charge is 0.497 e. The first-order valence-electron chi connectivity index (χ1n) is 7.73. The van der Waals surface area contributed by atoms with E-state index >= 15 is 0 Å². The lowest BCUT2D eigenvalue weighted by molar-refractivity contribution is 0.292. The van der Waals surface area contributed by atoms with Crippen LogP contribution in [-0.4, -0.2) is 54.1 Å². The van der Waals surface area contributed by atoms with Crippen molar-refractivity contribution in [3.63, 3.8) is 0 Å². The van der Waals surface area contributed by atoms with E-state index in [4.69, 9.17) is 10.5 Å². The molecule has 0 bridgehead atoms. The number of rotatable bonds is 9. The van der Waals surface area contributed by atoms with Gasteiger partial charge in [-0.3, -0.25) is 4.72 Å². The van der Waals surface area contributed by atoms with Gasteiger partial charge in [-0.15, -0.1) is 0 Å². The molecule has 8 nitrogen and oxygen atoms in total. The fraction of sp³-hybridized carbons (Fsp3) is 0.600. The third kappa shape index (κ3) is 5.56. The lowest BCUT2D eigenvalue weighted by Gasteiger charge is -2.29. The predicted molar refractivity (Wildman–Crippen MR) is 98.7 cm³/mol. The number of benzene rings is 1. The summed E-state index contributed by atoms with van der Waals surface area (Å²) >= 11 is 0. The van der Waals surface area contributed by atoms with Crippen LogP contribution in [0.15, 0.2) is 23.1 Å². The second kappa shape index (κ2) is 7.90. The SMILES string of the molecule is CCS(=O)(=O)Nc1cc(OC)ccc1S(=O)(=O)N(C)CC(C)(C)CN. The van der Waals surface area contributed by atoms with Gasteiger partial charge in [0.05, 0.1) is 18.6 Å². The van der Waals surface area contributed by atoms with Crippen LogP contribution in [0.5, 0.6) is 5.75 Å². The van der Waals surface area contributed by atoms with Crippen molar-refractivity contribution < 1.29 is 21.6 Å². The van der Waals surface area contributed by atoms with Crippen LogP contribution in [0.4, 0.5) is 5.69 Å². The molecule has 144 valence electrons. The van der Waals surface area contributed by atoms with E-state index in [0.717, 1.165) is 0 Å². The highest BCUT2D eigenvalue weighted by molar-refractivity contribution is 7.93. The summed E-state index contributed by atoms with van der Waals surface area (Å²) in [6.45, 7) is 5.68. The highest BCUT2D eigenvalue weighted by Crippen LogP contribution is 2.30. The van der Waals surface area contributed by atoms with E-state index in [1.165, 1.54) is 43.6 Å². The molecule has 0 aromatic heterocycles. The molecule has 1 rings (SSSR count). The van der Waals surface area contributed by atoms with Crippen LogP contribution >= 0.6 is 0 Å². The standard InChI is InChI=1S/C15H27N3O5S2/c1-6-24(19,20)17-13-9-12(23-5)7-8-14(13)25(21,22)18(4)11-15(2,3)10-16/h7-9,17H,6,10-11,16H2,1-5H3. The van der Waals surface area contributed by atoms with Gasteiger partial charge >= 0.3 is 0 Å². The van der Waals surface area contributed by atoms with Gasteiger partial charge in [0.1, 0.15) is 10.6 Å². The van der Waals surface area contributed by atoms with Gasteiger partial charge in [0.25, 0.3) is 0 Å². The quantitative estimate of drug-likeness (QED) is 0.647. The molecule has 0 radical (unpaired) electrons. The zero-order valence-corrected chi connectivity index (χ0v) is 16.9. The molecule has 0 saturated heterocycles. The summed E-state index contributed by atoms with van der Waals surface area (Å²) in [5.41, 5.74) is 5.21. The molecule has 25 heavy (non-hydrogen) atoms. The first-order valence-corrected chi connectivity index (χ1v) is 10.8. The Kier molecular flexibility index (Phi) is 6.85. The Morgan fingerprint density at radius 3 is 2.32 bits per heavy atom. The summed E-state index contributed by atoms with van der Waals surface area (Å²) < 4.78 is 58.2. The van der Waals surface area contributed by atoms with Crippen molar-refractivity contribution >= 4 is 25.7 Å². The van der Waals surface area contributed by atoms with Crippen molar-refractivity contribution in [1.82, 2.24) is 4.31 Å². The maximum absolute atomic E-state index is 12.9. The number of methoxy groups -OCH3 is 1. The van der Waals surface area contributed by atoms with Crippen LogP contribution in [-0.2, 0) is 20.0 Å². The number of hydrogen-bond acceptors (Lipinski definition) is 6. The van der Waals surface area contributed by atoms with Crippen molar-refractivity contribution in [1.29, 1.82) is 0 Å². The molecular weight excluding hydrogens is 366 g/mol. The molecule has 0 aliphatic carbocycles. The Bertz CT molecular complexity index is 804. The third-order valence-electron chi connectivity index (χ3n) is 3.72. The zero-order chi connectivity index (χ0) is 19.5. The van der Waals surface area contributed by atoms with Gasteiger partial charge in [0, 0.05) is 19.7 Å². The Hall–Kier alpha value is -1.36. The van der Waals surface area contributed by atoms with Crippen molar-refractivity contribution in [2.75, 3.05) is 37.7 Å². The Balaban J connectivity index is 3.39. The van der Waals surface area contributed by atoms with Crippen LogP contribution in [0.1, 0.15) is 20.8 Å². The Morgan fingerprint density at radius 2 is 1.84 bits per heavy atom. The molecular formula is C15H27N3O5S2. The van der Waals surface area contributed by atoms with Crippen molar-refractivity contribution in [2.45, 2.75) is 25.7 Å². The van der Waals surface area contributed by atoms with Crippen LogP contribution in [0, 0.1) is 5.41 Å². The first-order chi connectivity index (χ1) is 11.4. The second-order valence-corrected chi connectivity index (χ2v) is 10.5. The second-order valence-electron chi connectivity index (χ2n) is 6.50. The highest BCUT2D eigenvalue weighted by Gasteiger charge is 2.30. The molecule has 0 unspecified atom stereocenters. The lowest BCUT2D eigenvalue weighted by atomic mass is 9.94. The van der Waals surface area contributed by atoms with Gasteiger partial charge in [0.2, 0.25) is 20.0 Å². The molecule has 1 aromatic carbocycles. The van der Waals surface area contributed by atoms with E-state index in [2.05, 4.69) is 4.72 Å². The summed E-state index contributed by atoms with van der Waals surface area (Å²) in [7, 11) is -4.72. The van der Waals surface area contributed by atoms with E-state index in [9.17, 15) is 16.8 Å². The van der Waals surface area contributed by atoms with Gasteiger partial charge in [-0.05, 0) is 31.0 Å². The molecule has 0 saturated carbocycles. The summed E-state index contributed by atoms with van der Waals surface area (Å²) in [4.78, 5) is -0.138. The molecule has 0 heterocycles. The van der Waals surface area contributed by atoms with Crippen molar-refractivity contribution in [3.05, 3.63) is 18.2 Å². The summed E-state index contributed by atoms with van der Waals surface area (Å²) in [5.74, 6) is 0.164. The minimum absolute atomic E-state index is 0.0430. The molecule has 0 atom stereocenters. The Labute approximate surface area is 150 Å². The van der Waals surface area contributed by atoms with Gasteiger partial charge < -0.3 is 10.5 Å². The minimum Gasteiger partial charge on any atom is -0.497 e. The number of nitrogens with two attached hydrogens (primary N) is 1. The summed E-state index contributed by atoms with van der Waals surface area (Å²) in [6.07, 6.45) is 0. The topological polar surface area (TPSA) is 119 Å². The molecule has 1 aromatic rings. The first kappa shape index (κ1) is 21.7. The number of sulfonamides is 2. The van der Waals surface area contributed by atoms with Crippen LogP contribution in [0.2, 0.25) is 0 Å². The number of nitrogens with zero attached hydrogens (tertiary/aromatic N) is 1. The number of anilines is 1. The van der Waals surface area contributed by atoms with Crippen molar-refractivity contribution in [3.8, 4) is 5.75 Å². The van der Waals surface area contributed by atoms with E-state index in [1.807, 2.05) is 13.8 Å². The molecule has 0 aliphatic rings. The van der Waals surface area contributed by atoms with Gasteiger partial charge in [0.15, 0.2) is 0 Å². The summed E-state index contributed by atoms with van der Waals surface area (Å²) in [5, 5.41) is 0. The maximum Gasteiger partial charge on any atom is 0.244 e. The van der Waals surface area contributed by atoms with Gasteiger partial charge in [-0.25, -0.2) is 21.1 Å². The van der Waals surface area contributed by atoms with Crippen LogP contribution in [0.25, 0.3) is 0 Å². The maximum atomic E-state index is 12.9. The van der Waals surface area contributed by atoms with E-state index in [0.29, 0.717) is 12.3 Å². The highest BCUT2D eigenvalue weighted by atomic mass is 32.2. The average molecular weight is 394 g/mol. The third-order valence-corrected chi connectivity index (χ3v) is 6.88. The number of ether oxygens (including phenoxy) is 1. The van der Waals surface area contributed by atoms with E-state index < -0.39 is 25.5 Å². The Morgan fingerprint density at radius 1 is 1.24 bits per heavy atom. The predicted octanol–water partition coefficient (Wildman–Crippen LogP) is 1.06. The normalized spacial score (nSPS) is 13.1. The number of nitrogens with one attached hydrogen (secondary N) is 1. The van der Waals surface area contributed by atoms with Crippen LogP contribution < -0.4 is 15.2 Å². The average Bonchev–Trinajstić information content (AvgIpc) is 2.53. The lowest BCUT2D eigenvalue weighted by Crippen LogP contribution is -2.40. The molecule has 3 N–H and O–H groups in total. The van der Waals surface area contributed by atoms with Gasteiger partial charge in [-0.2, -0.15) is 0 Å². The van der Waals surface area contributed by atoms with Gasteiger partial charge in [-0.1, -0.05) is 13.8 Å². The molecule has 10 heteroatoms. The molecule has 0 spiro atoms. The summed E-state index contributed by atoms with van der Waals surface area (Å²) in [6, 6.07) is 4.15. The van der Waals surface area contributed by atoms with E-state index in [-0.39, 0.29) is 22.9 Å². The molecule has 0 aliphatic heterocycles. The minimum atomic E-state index is -3.92. The fourth-order valence-corrected chi connectivity index (χ4v) is 4.30. The monoisotopic (exact) mass is 393 g/mol. The van der Waals surface area contributed by atoms with E-state index in [1.54, 1.807) is 0 Å². The smallest absolute Gasteiger partial charge is 0.244 e. The van der Waals surface area contributed by atoms with Crippen LogP contribution in [0.3, 0.4) is 0 Å². The molecule has 0 fully saturated rings. The molecule has 0 amide bonds. The van der Waals surface area contributed by atoms with Crippen molar-refractivity contribution in [2.24, 2.45) is 11.1 Å².